The van der Waals surface area contributed by atoms with E-state index in [-0.39, 0.29) is 0 Å². The van der Waals surface area contributed by atoms with Crippen LogP contribution in [0.1, 0.15) is 11.1 Å². The highest BCUT2D eigenvalue weighted by Crippen LogP contribution is 2.02. The van der Waals surface area contributed by atoms with Crippen LogP contribution in [-0.2, 0) is 16.0 Å². The molecule has 0 heterocycles. The molecule has 0 aliphatic heterocycles. The fraction of sp³-hybridized carbons (Fsp3) is 0.533. The number of benzene rings is 1. The van der Waals surface area contributed by atoms with E-state index >= 15 is 0 Å². The van der Waals surface area contributed by atoms with E-state index in [2.05, 4.69) is 46.8 Å². The Morgan fingerprint density at radius 3 is 2.75 bits per heavy atom. The maximum absolute atomic E-state index is 5.38. The van der Waals surface area contributed by atoms with Crippen LogP contribution in [-0.4, -0.2) is 46.5 Å². The lowest BCUT2D eigenvalue weighted by molar-refractivity contribution is 0.0733. The maximum atomic E-state index is 5.38. The molecule has 0 aliphatic rings. The van der Waals surface area contributed by atoms with E-state index in [9.17, 15) is 0 Å². The fourth-order valence-electron chi connectivity index (χ4n) is 1.71. The summed E-state index contributed by atoms with van der Waals surface area (Å²) < 4.78 is 10.3. The second kappa shape index (κ2) is 10.2. The fourth-order valence-corrected chi connectivity index (χ4v) is 1.71. The quantitative estimate of drug-likeness (QED) is 0.428. The number of nitrogens with one attached hydrogen (secondary N) is 2. The highest BCUT2D eigenvalue weighted by molar-refractivity contribution is 5.79. The van der Waals surface area contributed by atoms with Crippen molar-refractivity contribution in [3.63, 3.8) is 0 Å². The van der Waals surface area contributed by atoms with E-state index in [1.807, 2.05) is 0 Å². The Balaban J connectivity index is 2.20. The minimum absolute atomic E-state index is 0.619. The summed E-state index contributed by atoms with van der Waals surface area (Å²) in [4.78, 5) is 4.17. The van der Waals surface area contributed by atoms with Crippen LogP contribution in [0.5, 0.6) is 0 Å². The molecule has 0 unspecified atom stereocenters. The van der Waals surface area contributed by atoms with Gasteiger partial charge in [0, 0.05) is 27.2 Å². The molecule has 20 heavy (non-hydrogen) atoms. The van der Waals surface area contributed by atoms with E-state index in [1.54, 1.807) is 14.2 Å². The van der Waals surface area contributed by atoms with Crippen molar-refractivity contribution in [2.75, 3.05) is 40.5 Å². The van der Waals surface area contributed by atoms with Crippen molar-refractivity contribution < 1.29 is 9.47 Å². The van der Waals surface area contributed by atoms with Gasteiger partial charge in [-0.3, -0.25) is 4.99 Å². The molecular weight excluding hydrogens is 254 g/mol. The summed E-state index contributed by atoms with van der Waals surface area (Å²) in [7, 11) is 3.43. The van der Waals surface area contributed by atoms with Gasteiger partial charge in [-0.15, -0.1) is 0 Å². The van der Waals surface area contributed by atoms with Crippen LogP contribution in [0.4, 0.5) is 0 Å². The van der Waals surface area contributed by atoms with Gasteiger partial charge in [0.25, 0.3) is 0 Å². The lowest BCUT2D eigenvalue weighted by Gasteiger charge is -2.12. The molecular formula is C15H25N3O2. The third-order valence-electron chi connectivity index (χ3n) is 2.74. The van der Waals surface area contributed by atoms with Gasteiger partial charge in [-0.1, -0.05) is 29.8 Å². The Morgan fingerprint density at radius 1 is 1.20 bits per heavy atom. The summed E-state index contributed by atoms with van der Waals surface area (Å²) in [6.07, 6.45) is 0. The molecule has 0 amide bonds. The number of ether oxygens (including phenoxy) is 2. The summed E-state index contributed by atoms with van der Waals surface area (Å²) >= 11 is 0. The van der Waals surface area contributed by atoms with Crippen molar-refractivity contribution in [2.24, 2.45) is 4.99 Å². The van der Waals surface area contributed by atoms with Crippen molar-refractivity contribution >= 4 is 5.96 Å². The Hall–Kier alpha value is -1.59. The first-order chi connectivity index (χ1) is 9.76. The SMILES string of the molecule is CN=C(NCCOCCOC)NCc1cccc(C)c1. The Bertz CT molecular complexity index is 408. The first-order valence-corrected chi connectivity index (χ1v) is 6.83. The largest absolute Gasteiger partial charge is 0.382 e. The lowest BCUT2D eigenvalue weighted by atomic mass is 10.1. The van der Waals surface area contributed by atoms with E-state index < -0.39 is 0 Å². The first-order valence-electron chi connectivity index (χ1n) is 6.83. The molecule has 0 radical (unpaired) electrons. The van der Waals surface area contributed by atoms with Crippen LogP contribution >= 0.6 is 0 Å². The molecule has 0 saturated heterocycles. The van der Waals surface area contributed by atoms with E-state index in [0.29, 0.717) is 19.8 Å². The normalized spacial score (nSPS) is 11.4. The van der Waals surface area contributed by atoms with Gasteiger partial charge in [-0.2, -0.15) is 0 Å². The molecule has 0 bridgehead atoms. The van der Waals surface area contributed by atoms with Crippen molar-refractivity contribution in [3.05, 3.63) is 35.4 Å². The average molecular weight is 279 g/mol. The van der Waals surface area contributed by atoms with Gasteiger partial charge in [-0.05, 0) is 12.5 Å². The monoisotopic (exact) mass is 279 g/mol. The molecule has 0 aliphatic carbocycles. The maximum Gasteiger partial charge on any atom is 0.191 e. The summed E-state index contributed by atoms with van der Waals surface area (Å²) in [5, 5.41) is 6.48. The summed E-state index contributed by atoms with van der Waals surface area (Å²) in [5.74, 6) is 0.779. The molecule has 5 nitrogen and oxygen atoms in total. The topological polar surface area (TPSA) is 54.9 Å². The van der Waals surface area contributed by atoms with Crippen LogP contribution in [0.15, 0.2) is 29.3 Å². The Kier molecular flexibility index (Phi) is 8.42. The highest BCUT2D eigenvalue weighted by atomic mass is 16.5. The van der Waals surface area contributed by atoms with Crippen molar-refractivity contribution in [1.29, 1.82) is 0 Å². The van der Waals surface area contributed by atoms with Gasteiger partial charge >= 0.3 is 0 Å². The summed E-state index contributed by atoms with van der Waals surface area (Å²) in [5.41, 5.74) is 2.50. The number of aliphatic imine (C=N–C) groups is 1. The Morgan fingerprint density at radius 2 is 2.05 bits per heavy atom. The molecule has 0 atom stereocenters. The van der Waals surface area contributed by atoms with Crippen LogP contribution < -0.4 is 10.6 Å². The number of nitrogens with zero attached hydrogens (tertiary/aromatic N) is 1. The van der Waals surface area contributed by atoms with Gasteiger partial charge < -0.3 is 20.1 Å². The van der Waals surface area contributed by atoms with Crippen LogP contribution in [0.3, 0.4) is 0 Å². The number of aryl methyl sites for hydroxylation is 1. The molecule has 5 heteroatoms. The van der Waals surface area contributed by atoms with Crippen molar-refractivity contribution in [3.8, 4) is 0 Å². The molecule has 0 spiro atoms. The number of hydrogen-bond acceptors (Lipinski definition) is 3. The molecule has 0 saturated carbocycles. The molecule has 1 aromatic carbocycles. The second-order valence-electron chi connectivity index (χ2n) is 4.45. The molecule has 1 aromatic rings. The third kappa shape index (κ3) is 7.11. The molecule has 0 fully saturated rings. The molecule has 0 aromatic heterocycles. The number of rotatable bonds is 8. The van der Waals surface area contributed by atoms with Gasteiger partial charge in [0.2, 0.25) is 0 Å². The minimum atomic E-state index is 0.619. The lowest BCUT2D eigenvalue weighted by Crippen LogP contribution is -2.38. The zero-order chi connectivity index (χ0) is 14.6. The smallest absolute Gasteiger partial charge is 0.191 e. The number of guanidine groups is 1. The molecule has 112 valence electrons. The molecule has 1 rings (SSSR count). The first kappa shape index (κ1) is 16.5. The zero-order valence-electron chi connectivity index (χ0n) is 12.6. The van der Waals surface area contributed by atoms with Crippen LogP contribution in [0.2, 0.25) is 0 Å². The van der Waals surface area contributed by atoms with E-state index in [0.717, 1.165) is 19.0 Å². The molecule has 2 N–H and O–H groups in total. The van der Waals surface area contributed by atoms with Gasteiger partial charge in [0.1, 0.15) is 0 Å². The highest BCUT2D eigenvalue weighted by Gasteiger charge is 1.98. The predicted molar refractivity (Wildman–Crippen MR) is 82.1 cm³/mol. The predicted octanol–water partition coefficient (Wildman–Crippen LogP) is 1.32. The van der Waals surface area contributed by atoms with Crippen molar-refractivity contribution in [1.82, 2.24) is 10.6 Å². The van der Waals surface area contributed by atoms with Gasteiger partial charge in [0.15, 0.2) is 5.96 Å². The second-order valence-corrected chi connectivity index (χ2v) is 4.45. The summed E-state index contributed by atoms with van der Waals surface area (Å²) in [6.45, 7) is 5.44. The van der Waals surface area contributed by atoms with E-state index in [1.165, 1.54) is 11.1 Å². The number of methoxy groups -OCH3 is 1. The standard InChI is InChI=1S/C15H25N3O2/c1-13-5-4-6-14(11-13)12-18-15(16-2)17-7-8-20-10-9-19-3/h4-6,11H,7-10,12H2,1-3H3,(H2,16,17,18). The van der Waals surface area contributed by atoms with Crippen LogP contribution in [0.25, 0.3) is 0 Å². The third-order valence-corrected chi connectivity index (χ3v) is 2.74. The van der Waals surface area contributed by atoms with E-state index in [4.69, 9.17) is 9.47 Å². The summed E-state index contributed by atoms with van der Waals surface area (Å²) in [6, 6.07) is 8.41. The van der Waals surface area contributed by atoms with Gasteiger partial charge in [-0.25, -0.2) is 0 Å². The average Bonchev–Trinajstić information content (AvgIpc) is 2.46. The zero-order valence-corrected chi connectivity index (χ0v) is 12.6. The Labute approximate surface area is 121 Å². The van der Waals surface area contributed by atoms with Crippen LogP contribution in [0, 0.1) is 6.92 Å². The van der Waals surface area contributed by atoms with Crippen molar-refractivity contribution in [2.45, 2.75) is 13.5 Å². The van der Waals surface area contributed by atoms with Gasteiger partial charge in [0.05, 0.1) is 19.8 Å². The minimum Gasteiger partial charge on any atom is -0.382 e. The number of hydrogen-bond donors (Lipinski definition) is 2.